The summed E-state index contributed by atoms with van der Waals surface area (Å²) in [5.74, 6) is -0.176. The van der Waals surface area contributed by atoms with Crippen molar-refractivity contribution in [2.45, 2.75) is 52.6 Å². The SMILES string of the molecule is CCC(C)(NCC(=O)NC(C)C(C)C)C(N)=O. The summed E-state index contributed by atoms with van der Waals surface area (Å²) >= 11 is 0. The Morgan fingerprint density at radius 2 is 1.82 bits per heavy atom. The van der Waals surface area contributed by atoms with Crippen molar-refractivity contribution in [2.24, 2.45) is 11.7 Å². The Labute approximate surface area is 104 Å². The first-order valence-corrected chi connectivity index (χ1v) is 6.07. The van der Waals surface area contributed by atoms with Gasteiger partial charge in [-0.05, 0) is 26.2 Å². The van der Waals surface area contributed by atoms with Gasteiger partial charge >= 0.3 is 0 Å². The van der Waals surface area contributed by atoms with Gasteiger partial charge in [0.2, 0.25) is 11.8 Å². The number of amides is 2. The molecule has 0 saturated carbocycles. The van der Waals surface area contributed by atoms with E-state index in [-0.39, 0.29) is 18.5 Å². The minimum absolute atomic E-state index is 0.102. The lowest BCUT2D eigenvalue weighted by Gasteiger charge is -2.26. The number of carbonyl (C=O) groups is 2. The molecule has 0 aliphatic carbocycles. The zero-order chi connectivity index (χ0) is 13.6. The van der Waals surface area contributed by atoms with Gasteiger partial charge in [-0.15, -0.1) is 0 Å². The maximum Gasteiger partial charge on any atom is 0.237 e. The van der Waals surface area contributed by atoms with Crippen LogP contribution in [-0.2, 0) is 9.59 Å². The predicted molar refractivity (Wildman–Crippen MR) is 68.3 cm³/mol. The third-order valence-electron chi connectivity index (χ3n) is 3.28. The zero-order valence-electron chi connectivity index (χ0n) is 11.5. The van der Waals surface area contributed by atoms with Crippen LogP contribution in [0, 0.1) is 5.92 Å². The Bertz CT molecular complexity index is 279. The van der Waals surface area contributed by atoms with Crippen LogP contribution >= 0.6 is 0 Å². The average Bonchev–Trinajstić information content (AvgIpc) is 2.25. The molecule has 0 spiro atoms. The molecule has 0 aliphatic heterocycles. The quantitative estimate of drug-likeness (QED) is 0.605. The fourth-order valence-electron chi connectivity index (χ4n) is 1.13. The topological polar surface area (TPSA) is 84.2 Å². The van der Waals surface area contributed by atoms with Gasteiger partial charge < -0.3 is 11.1 Å². The van der Waals surface area contributed by atoms with Crippen molar-refractivity contribution in [2.75, 3.05) is 6.54 Å². The van der Waals surface area contributed by atoms with E-state index in [1.807, 2.05) is 27.7 Å². The summed E-state index contributed by atoms with van der Waals surface area (Å²) < 4.78 is 0. The largest absolute Gasteiger partial charge is 0.368 e. The summed E-state index contributed by atoms with van der Waals surface area (Å²) in [6.07, 6.45) is 0.551. The Hall–Kier alpha value is -1.10. The Balaban J connectivity index is 4.20. The van der Waals surface area contributed by atoms with Crippen LogP contribution in [0.25, 0.3) is 0 Å². The summed E-state index contributed by atoms with van der Waals surface area (Å²) in [7, 11) is 0. The van der Waals surface area contributed by atoms with Crippen molar-refractivity contribution in [1.82, 2.24) is 10.6 Å². The van der Waals surface area contributed by atoms with Crippen LogP contribution in [0.4, 0.5) is 0 Å². The number of primary amides is 1. The first-order chi connectivity index (χ1) is 7.73. The van der Waals surface area contributed by atoms with Crippen LogP contribution in [0.1, 0.15) is 41.0 Å². The van der Waals surface area contributed by atoms with E-state index in [0.717, 1.165) is 0 Å². The van der Waals surface area contributed by atoms with E-state index in [9.17, 15) is 9.59 Å². The summed E-state index contributed by atoms with van der Waals surface area (Å²) in [4.78, 5) is 22.8. The van der Waals surface area contributed by atoms with Crippen molar-refractivity contribution >= 4 is 11.8 Å². The molecule has 2 atom stereocenters. The molecule has 0 rings (SSSR count). The minimum atomic E-state index is -0.821. The van der Waals surface area contributed by atoms with Gasteiger partial charge in [0.25, 0.3) is 0 Å². The lowest BCUT2D eigenvalue weighted by atomic mass is 9.98. The summed E-state index contributed by atoms with van der Waals surface area (Å²) in [5.41, 5.74) is 4.46. The van der Waals surface area contributed by atoms with Gasteiger partial charge in [-0.3, -0.25) is 14.9 Å². The molecule has 100 valence electrons. The molecule has 17 heavy (non-hydrogen) atoms. The lowest BCUT2D eigenvalue weighted by molar-refractivity contribution is -0.125. The monoisotopic (exact) mass is 243 g/mol. The van der Waals surface area contributed by atoms with E-state index in [2.05, 4.69) is 10.6 Å². The van der Waals surface area contributed by atoms with E-state index in [4.69, 9.17) is 5.73 Å². The normalized spacial score (nSPS) is 16.4. The second-order valence-electron chi connectivity index (χ2n) is 5.00. The molecule has 0 aromatic carbocycles. The van der Waals surface area contributed by atoms with E-state index >= 15 is 0 Å². The van der Waals surface area contributed by atoms with E-state index in [1.165, 1.54) is 0 Å². The average molecular weight is 243 g/mol. The standard InChI is InChI=1S/C12H25N3O2/c1-6-12(5,11(13)17)14-7-10(16)15-9(4)8(2)3/h8-9,14H,6-7H2,1-5H3,(H2,13,17)(H,15,16). The summed E-state index contributed by atoms with van der Waals surface area (Å²) in [5, 5.41) is 5.76. The lowest BCUT2D eigenvalue weighted by Crippen LogP contribution is -2.55. The number of hydrogen-bond acceptors (Lipinski definition) is 3. The first kappa shape index (κ1) is 15.9. The Kier molecular flexibility index (Phi) is 6.16. The van der Waals surface area contributed by atoms with Crippen LogP contribution in [0.3, 0.4) is 0 Å². The number of hydrogen-bond donors (Lipinski definition) is 3. The molecule has 0 aromatic heterocycles. The van der Waals surface area contributed by atoms with Gasteiger partial charge in [0.15, 0.2) is 0 Å². The van der Waals surface area contributed by atoms with Crippen LogP contribution in [0.15, 0.2) is 0 Å². The molecule has 0 fully saturated rings. The fraction of sp³-hybridized carbons (Fsp3) is 0.833. The summed E-state index contributed by atoms with van der Waals surface area (Å²) in [6.45, 7) is 9.69. The summed E-state index contributed by atoms with van der Waals surface area (Å²) in [6, 6.07) is 0.116. The van der Waals surface area contributed by atoms with E-state index in [0.29, 0.717) is 12.3 Å². The zero-order valence-corrected chi connectivity index (χ0v) is 11.5. The van der Waals surface area contributed by atoms with Crippen molar-refractivity contribution in [3.8, 4) is 0 Å². The number of nitrogens with one attached hydrogen (secondary N) is 2. The van der Waals surface area contributed by atoms with E-state index < -0.39 is 11.4 Å². The molecule has 5 nitrogen and oxygen atoms in total. The predicted octanol–water partition coefficient (Wildman–Crippen LogP) is 0.391. The van der Waals surface area contributed by atoms with Crippen LogP contribution < -0.4 is 16.4 Å². The fourth-order valence-corrected chi connectivity index (χ4v) is 1.13. The molecule has 0 bridgehead atoms. The van der Waals surface area contributed by atoms with Gasteiger partial charge in [-0.2, -0.15) is 0 Å². The maximum absolute atomic E-state index is 11.6. The highest BCUT2D eigenvalue weighted by Crippen LogP contribution is 2.07. The highest BCUT2D eigenvalue weighted by molar-refractivity contribution is 5.85. The van der Waals surface area contributed by atoms with Gasteiger partial charge in [-0.1, -0.05) is 20.8 Å². The third-order valence-corrected chi connectivity index (χ3v) is 3.28. The van der Waals surface area contributed by atoms with Crippen molar-refractivity contribution in [3.63, 3.8) is 0 Å². The second-order valence-corrected chi connectivity index (χ2v) is 5.00. The molecule has 4 N–H and O–H groups in total. The Morgan fingerprint density at radius 3 is 2.18 bits per heavy atom. The second kappa shape index (κ2) is 6.59. The molecular weight excluding hydrogens is 218 g/mol. The Morgan fingerprint density at radius 1 is 1.29 bits per heavy atom. The van der Waals surface area contributed by atoms with Crippen molar-refractivity contribution < 1.29 is 9.59 Å². The molecule has 2 unspecified atom stereocenters. The van der Waals surface area contributed by atoms with Crippen molar-refractivity contribution in [3.05, 3.63) is 0 Å². The van der Waals surface area contributed by atoms with Crippen LogP contribution in [-0.4, -0.2) is 29.9 Å². The molecule has 2 amide bonds. The highest BCUT2D eigenvalue weighted by Gasteiger charge is 2.28. The minimum Gasteiger partial charge on any atom is -0.368 e. The van der Waals surface area contributed by atoms with Crippen LogP contribution in [0.5, 0.6) is 0 Å². The molecule has 0 aliphatic rings. The molecule has 0 heterocycles. The number of rotatable bonds is 7. The molecular formula is C12H25N3O2. The van der Waals surface area contributed by atoms with E-state index in [1.54, 1.807) is 6.92 Å². The molecule has 0 radical (unpaired) electrons. The molecule has 5 heteroatoms. The van der Waals surface area contributed by atoms with Crippen molar-refractivity contribution in [1.29, 1.82) is 0 Å². The third kappa shape index (κ3) is 5.17. The van der Waals surface area contributed by atoms with Gasteiger partial charge in [0, 0.05) is 6.04 Å². The number of nitrogens with two attached hydrogens (primary N) is 1. The highest BCUT2D eigenvalue weighted by atomic mass is 16.2. The first-order valence-electron chi connectivity index (χ1n) is 6.07. The molecule has 0 saturated heterocycles. The molecule has 0 aromatic rings. The van der Waals surface area contributed by atoms with Gasteiger partial charge in [-0.25, -0.2) is 0 Å². The van der Waals surface area contributed by atoms with Gasteiger partial charge in [0.05, 0.1) is 12.1 Å². The van der Waals surface area contributed by atoms with Gasteiger partial charge in [0.1, 0.15) is 0 Å². The maximum atomic E-state index is 11.6. The van der Waals surface area contributed by atoms with Crippen LogP contribution in [0.2, 0.25) is 0 Å². The smallest absolute Gasteiger partial charge is 0.237 e. The number of carbonyl (C=O) groups excluding carboxylic acids is 2.